The highest BCUT2D eigenvalue weighted by molar-refractivity contribution is 6.32. The number of esters is 1. The molecule has 0 aliphatic rings. The topological polar surface area (TPSA) is 97.4 Å². The molecule has 0 radical (unpaired) electrons. The molecular formula is C35H33ClN2O7. The highest BCUT2D eigenvalue weighted by Crippen LogP contribution is 2.45. The third-order valence-electron chi connectivity index (χ3n) is 7.23. The van der Waals surface area contributed by atoms with E-state index in [-0.39, 0.29) is 5.69 Å². The molecule has 9 nitrogen and oxygen atoms in total. The molecule has 0 saturated carbocycles. The fraction of sp³-hybridized carbons (Fsp3) is 0.200. The van der Waals surface area contributed by atoms with Crippen LogP contribution in [0.5, 0.6) is 28.7 Å². The van der Waals surface area contributed by atoms with Crippen LogP contribution in [-0.4, -0.2) is 46.5 Å². The number of benzene rings is 4. The Hall–Kier alpha value is -5.15. The molecule has 0 amide bonds. The second-order valence-corrected chi connectivity index (χ2v) is 10.3. The number of rotatable bonds is 12. The maximum atomic E-state index is 13.3. The van der Waals surface area contributed by atoms with E-state index in [1.165, 1.54) is 28.4 Å². The number of pyridine rings is 1. The zero-order valence-corrected chi connectivity index (χ0v) is 26.4. The first-order chi connectivity index (χ1) is 21.9. The van der Waals surface area contributed by atoms with Crippen molar-refractivity contribution in [1.82, 2.24) is 4.98 Å². The lowest BCUT2D eigenvalue weighted by Gasteiger charge is -2.19. The van der Waals surface area contributed by atoms with Crippen LogP contribution in [0.4, 0.5) is 5.82 Å². The minimum Gasteiger partial charge on any atom is -0.495 e. The van der Waals surface area contributed by atoms with Crippen molar-refractivity contribution in [2.75, 3.05) is 40.9 Å². The number of nitrogens with one attached hydrogen (secondary N) is 1. The largest absolute Gasteiger partial charge is 0.495 e. The predicted molar refractivity (Wildman–Crippen MR) is 174 cm³/mol. The predicted octanol–water partition coefficient (Wildman–Crippen LogP) is 7.57. The number of ether oxygens (including phenoxy) is 6. The van der Waals surface area contributed by atoms with Gasteiger partial charge in [-0.05, 0) is 64.5 Å². The number of carbonyl (C=O) groups is 1. The van der Waals surface area contributed by atoms with Gasteiger partial charge in [-0.1, -0.05) is 48.0 Å². The van der Waals surface area contributed by atoms with Crippen LogP contribution in [0.15, 0.2) is 78.9 Å². The second kappa shape index (κ2) is 14.1. The van der Waals surface area contributed by atoms with Gasteiger partial charge >= 0.3 is 5.97 Å². The van der Waals surface area contributed by atoms with Gasteiger partial charge in [0.25, 0.3) is 0 Å². The van der Waals surface area contributed by atoms with Crippen molar-refractivity contribution in [3.8, 4) is 39.9 Å². The van der Waals surface area contributed by atoms with E-state index in [4.69, 9.17) is 45.0 Å². The first-order valence-corrected chi connectivity index (χ1v) is 14.4. The van der Waals surface area contributed by atoms with Gasteiger partial charge in [0.1, 0.15) is 23.9 Å². The summed E-state index contributed by atoms with van der Waals surface area (Å²) in [5.74, 6) is 2.33. The minimum atomic E-state index is -0.611. The molecule has 1 heterocycles. The van der Waals surface area contributed by atoms with Gasteiger partial charge in [0.15, 0.2) is 17.2 Å². The number of hydrogen-bond acceptors (Lipinski definition) is 9. The first-order valence-electron chi connectivity index (χ1n) is 14.0. The van der Waals surface area contributed by atoms with Crippen molar-refractivity contribution < 1.29 is 33.2 Å². The zero-order valence-electron chi connectivity index (χ0n) is 25.6. The second-order valence-electron chi connectivity index (χ2n) is 9.89. The van der Waals surface area contributed by atoms with Gasteiger partial charge in [0.2, 0.25) is 5.75 Å². The molecule has 5 aromatic rings. The lowest BCUT2D eigenvalue weighted by Crippen LogP contribution is -2.11. The number of methoxy groups -OCH3 is 5. The Labute approximate surface area is 266 Å². The van der Waals surface area contributed by atoms with Crippen molar-refractivity contribution in [2.24, 2.45) is 0 Å². The number of fused-ring (bicyclic) bond motifs is 1. The summed E-state index contributed by atoms with van der Waals surface area (Å²) in [6.07, 6.45) is 0. The van der Waals surface area contributed by atoms with Crippen molar-refractivity contribution in [3.05, 3.63) is 101 Å². The van der Waals surface area contributed by atoms with Gasteiger partial charge in [-0.15, -0.1) is 0 Å². The Kier molecular flexibility index (Phi) is 9.79. The number of carbonyl (C=O) groups excluding carboxylic acids is 1. The highest BCUT2D eigenvalue weighted by Gasteiger charge is 2.25. The molecule has 0 saturated heterocycles. The van der Waals surface area contributed by atoms with Gasteiger partial charge < -0.3 is 33.7 Å². The van der Waals surface area contributed by atoms with E-state index in [9.17, 15) is 4.79 Å². The summed E-state index contributed by atoms with van der Waals surface area (Å²) in [4.78, 5) is 18.1. The molecule has 0 atom stereocenters. The van der Waals surface area contributed by atoms with Crippen LogP contribution in [0.3, 0.4) is 0 Å². The van der Waals surface area contributed by atoms with Crippen molar-refractivity contribution in [2.45, 2.75) is 13.2 Å². The summed E-state index contributed by atoms with van der Waals surface area (Å²) >= 11 is 6.38. The Morgan fingerprint density at radius 2 is 1.47 bits per heavy atom. The monoisotopic (exact) mass is 628 g/mol. The summed E-state index contributed by atoms with van der Waals surface area (Å²) in [5, 5.41) is 5.32. The van der Waals surface area contributed by atoms with Gasteiger partial charge in [-0.2, -0.15) is 0 Å². The molecule has 0 bridgehead atoms. The minimum absolute atomic E-state index is 0.104. The van der Waals surface area contributed by atoms with E-state index >= 15 is 0 Å². The van der Waals surface area contributed by atoms with E-state index < -0.39 is 5.97 Å². The smallest absolute Gasteiger partial charge is 0.357 e. The zero-order chi connectivity index (χ0) is 31.9. The molecule has 0 unspecified atom stereocenters. The Morgan fingerprint density at radius 1 is 0.756 bits per heavy atom. The third kappa shape index (κ3) is 6.68. The SMILES string of the molecule is COC(=O)c1nc(NCc2ccc(OC)c(Cl)c2)c2cc(OCc3ccccc3)ccc2c1-c1cc(OC)c(OC)c(OC)c1. The quantitative estimate of drug-likeness (QED) is 0.140. The summed E-state index contributed by atoms with van der Waals surface area (Å²) < 4.78 is 33.4. The van der Waals surface area contributed by atoms with Crippen molar-refractivity contribution in [3.63, 3.8) is 0 Å². The maximum Gasteiger partial charge on any atom is 0.357 e. The first kappa shape index (κ1) is 31.3. The van der Waals surface area contributed by atoms with Gasteiger partial charge in [0.05, 0.1) is 40.6 Å². The fourth-order valence-electron chi connectivity index (χ4n) is 5.03. The van der Waals surface area contributed by atoms with Crippen LogP contribution in [0.1, 0.15) is 21.6 Å². The average Bonchev–Trinajstić information content (AvgIpc) is 3.08. The number of halogens is 1. The molecule has 0 aliphatic carbocycles. The molecule has 5 rings (SSSR count). The molecule has 1 N–H and O–H groups in total. The highest BCUT2D eigenvalue weighted by atomic mass is 35.5. The molecule has 4 aromatic carbocycles. The number of nitrogens with zero attached hydrogens (tertiary/aromatic N) is 1. The summed E-state index contributed by atoms with van der Waals surface area (Å²) in [6, 6.07) is 24.6. The number of anilines is 1. The van der Waals surface area contributed by atoms with Crippen LogP contribution in [-0.2, 0) is 17.9 Å². The van der Waals surface area contributed by atoms with Crippen molar-refractivity contribution in [1.29, 1.82) is 0 Å². The molecule has 10 heteroatoms. The molecular weight excluding hydrogens is 596 g/mol. The van der Waals surface area contributed by atoms with Crippen LogP contribution in [0, 0.1) is 0 Å². The number of hydrogen-bond donors (Lipinski definition) is 1. The lowest BCUT2D eigenvalue weighted by atomic mass is 9.95. The molecule has 1 aromatic heterocycles. The summed E-state index contributed by atoms with van der Waals surface area (Å²) in [6.45, 7) is 0.748. The lowest BCUT2D eigenvalue weighted by molar-refractivity contribution is 0.0595. The summed E-state index contributed by atoms with van der Waals surface area (Å²) in [5.41, 5.74) is 3.18. The van der Waals surface area contributed by atoms with E-state index in [0.717, 1.165) is 21.9 Å². The van der Waals surface area contributed by atoms with Crippen LogP contribution in [0.2, 0.25) is 5.02 Å². The maximum absolute atomic E-state index is 13.3. The average molecular weight is 629 g/mol. The van der Waals surface area contributed by atoms with Crippen LogP contribution in [0.25, 0.3) is 21.9 Å². The fourth-order valence-corrected chi connectivity index (χ4v) is 5.31. The van der Waals surface area contributed by atoms with E-state index in [1.807, 2.05) is 60.7 Å². The van der Waals surface area contributed by atoms with Gasteiger partial charge in [0, 0.05) is 17.5 Å². The van der Waals surface area contributed by atoms with E-state index in [1.54, 1.807) is 25.3 Å². The van der Waals surface area contributed by atoms with Gasteiger partial charge in [-0.3, -0.25) is 0 Å². The Balaban J connectivity index is 1.68. The third-order valence-corrected chi connectivity index (χ3v) is 7.53. The molecule has 0 aliphatic heterocycles. The standard InChI is InChI=1S/C35H33ClN2O7/c1-40-28-14-11-22(15-27(28)36)19-37-34-26-18-24(45-20-21-9-7-6-8-10-21)12-13-25(26)31(32(38-34)35(39)44-5)23-16-29(41-2)33(43-4)30(17-23)42-3/h6-18H,19-20H2,1-5H3,(H,37,38). The van der Waals surface area contributed by atoms with Gasteiger partial charge in [-0.25, -0.2) is 9.78 Å². The molecule has 45 heavy (non-hydrogen) atoms. The van der Waals surface area contributed by atoms with E-state index in [0.29, 0.717) is 63.9 Å². The summed E-state index contributed by atoms with van der Waals surface area (Å²) in [7, 11) is 7.49. The normalized spacial score (nSPS) is 10.7. The van der Waals surface area contributed by atoms with Crippen LogP contribution >= 0.6 is 11.6 Å². The Morgan fingerprint density at radius 3 is 2.09 bits per heavy atom. The molecule has 0 spiro atoms. The molecule has 232 valence electrons. The van der Waals surface area contributed by atoms with Crippen molar-refractivity contribution >= 4 is 34.2 Å². The Bertz CT molecular complexity index is 1800. The van der Waals surface area contributed by atoms with Crippen LogP contribution < -0.4 is 29.0 Å². The number of aromatic nitrogens is 1. The molecule has 0 fully saturated rings. The van der Waals surface area contributed by atoms with E-state index in [2.05, 4.69) is 5.32 Å².